The van der Waals surface area contributed by atoms with Gasteiger partial charge in [-0.15, -0.1) is 0 Å². The molecule has 110 valence electrons. The molecule has 1 saturated heterocycles. The number of rotatable bonds is 3. The summed E-state index contributed by atoms with van der Waals surface area (Å²) >= 11 is 0. The zero-order chi connectivity index (χ0) is 13.8. The number of hydrogen-bond acceptors (Lipinski definition) is 4. The van der Waals surface area contributed by atoms with E-state index in [1.54, 1.807) is 0 Å². The van der Waals surface area contributed by atoms with Gasteiger partial charge in [-0.25, -0.2) is 9.97 Å². The number of nitrogens with zero attached hydrogens (tertiary/aromatic N) is 3. The Morgan fingerprint density at radius 2 is 1.85 bits per heavy atom. The smallest absolute Gasteiger partial charge is 0.225 e. The van der Waals surface area contributed by atoms with E-state index in [1.807, 2.05) is 6.20 Å². The summed E-state index contributed by atoms with van der Waals surface area (Å²) in [6.45, 7) is 2.92. The Bertz CT molecular complexity index is 420. The van der Waals surface area contributed by atoms with Crippen LogP contribution in [0.4, 0.5) is 5.95 Å². The highest BCUT2D eigenvalue weighted by Gasteiger charge is 2.22. The summed E-state index contributed by atoms with van der Waals surface area (Å²) in [7, 11) is 0. The van der Waals surface area contributed by atoms with E-state index >= 15 is 0 Å². The molecule has 1 aromatic rings. The lowest BCUT2D eigenvalue weighted by Gasteiger charge is -2.32. The fraction of sp³-hybridized carbons (Fsp3) is 0.750. The van der Waals surface area contributed by atoms with Crippen molar-refractivity contribution in [1.29, 1.82) is 0 Å². The van der Waals surface area contributed by atoms with Gasteiger partial charge >= 0.3 is 0 Å². The zero-order valence-electron chi connectivity index (χ0n) is 12.3. The molecule has 4 heteroatoms. The van der Waals surface area contributed by atoms with Crippen LogP contribution >= 0.6 is 0 Å². The average Bonchev–Trinajstić information content (AvgIpc) is 2.56. The maximum absolute atomic E-state index is 5.76. The lowest BCUT2D eigenvalue weighted by atomic mass is 9.87. The SMILES string of the molecule is NCC1CCN(c2nccc(C3CCCCC3)n2)CC1. The van der Waals surface area contributed by atoms with Gasteiger partial charge in [0.1, 0.15) is 0 Å². The Balaban J connectivity index is 1.68. The molecule has 1 aromatic heterocycles. The molecule has 2 N–H and O–H groups in total. The standard InChI is InChI=1S/C16H26N4/c17-12-13-7-10-20(11-8-13)16-18-9-6-15(19-16)14-4-2-1-3-5-14/h6,9,13-14H,1-5,7-8,10-12,17H2. The molecular formula is C16H26N4. The number of nitrogens with two attached hydrogens (primary N) is 1. The molecule has 0 amide bonds. The van der Waals surface area contributed by atoms with Crippen molar-refractivity contribution >= 4 is 5.95 Å². The van der Waals surface area contributed by atoms with E-state index in [-0.39, 0.29) is 0 Å². The topological polar surface area (TPSA) is 55.0 Å². The maximum atomic E-state index is 5.76. The lowest BCUT2D eigenvalue weighted by molar-refractivity contribution is 0.409. The minimum absolute atomic E-state index is 0.659. The molecular weight excluding hydrogens is 248 g/mol. The van der Waals surface area contributed by atoms with Crippen molar-refractivity contribution in [1.82, 2.24) is 9.97 Å². The first kappa shape index (κ1) is 13.8. The Morgan fingerprint density at radius 1 is 1.10 bits per heavy atom. The molecule has 20 heavy (non-hydrogen) atoms. The quantitative estimate of drug-likeness (QED) is 0.920. The van der Waals surface area contributed by atoms with Gasteiger partial charge in [-0.3, -0.25) is 0 Å². The molecule has 3 rings (SSSR count). The van der Waals surface area contributed by atoms with Gasteiger partial charge in [0.15, 0.2) is 0 Å². The molecule has 2 fully saturated rings. The molecule has 0 atom stereocenters. The summed E-state index contributed by atoms with van der Waals surface area (Å²) in [5.41, 5.74) is 7.02. The number of piperidine rings is 1. The molecule has 0 bridgehead atoms. The van der Waals surface area contributed by atoms with Crippen LogP contribution in [0.25, 0.3) is 0 Å². The van der Waals surface area contributed by atoms with Crippen LogP contribution in [0.2, 0.25) is 0 Å². The Hall–Kier alpha value is -1.16. The fourth-order valence-corrected chi connectivity index (χ4v) is 3.51. The molecule has 1 aliphatic heterocycles. The van der Waals surface area contributed by atoms with Crippen molar-refractivity contribution in [2.45, 2.75) is 50.9 Å². The molecule has 0 unspecified atom stereocenters. The summed E-state index contributed by atoms with van der Waals surface area (Å²) in [5, 5.41) is 0. The van der Waals surface area contributed by atoms with Gasteiger partial charge in [-0.1, -0.05) is 19.3 Å². The summed E-state index contributed by atoms with van der Waals surface area (Å²) in [4.78, 5) is 11.7. The Labute approximate surface area is 121 Å². The van der Waals surface area contributed by atoms with Gasteiger partial charge in [0.2, 0.25) is 5.95 Å². The van der Waals surface area contributed by atoms with Gasteiger partial charge in [0.05, 0.1) is 0 Å². The largest absolute Gasteiger partial charge is 0.341 e. The van der Waals surface area contributed by atoms with Crippen LogP contribution in [0.5, 0.6) is 0 Å². The highest BCUT2D eigenvalue weighted by Crippen LogP contribution is 2.32. The van der Waals surface area contributed by atoms with Crippen molar-refractivity contribution < 1.29 is 0 Å². The van der Waals surface area contributed by atoms with Crippen LogP contribution in [0.15, 0.2) is 12.3 Å². The van der Waals surface area contributed by atoms with Crippen molar-refractivity contribution in [3.05, 3.63) is 18.0 Å². The van der Waals surface area contributed by atoms with Gasteiger partial charge in [0, 0.05) is 30.9 Å². The first-order valence-electron chi connectivity index (χ1n) is 8.15. The van der Waals surface area contributed by atoms with E-state index in [2.05, 4.69) is 16.0 Å². The molecule has 4 nitrogen and oxygen atoms in total. The van der Waals surface area contributed by atoms with E-state index in [1.165, 1.54) is 50.6 Å². The predicted molar refractivity (Wildman–Crippen MR) is 81.8 cm³/mol. The monoisotopic (exact) mass is 274 g/mol. The Morgan fingerprint density at radius 3 is 2.55 bits per heavy atom. The van der Waals surface area contributed by atoms with Crippen LogP contribution in [-0.4, -0.2) is 29.6 Å². The van der Waals surface area contributed by atoms with Crippen molar-refractivity contribution in [2.24, 2.45) is 11.7 Å². The maximum Gasteiger partial charge on any atom is 0.225 e. The van der Waals surface area contributed by atoms with Crippen LogP contribution in [0.1, 0.15) is 56.6 Å². The highest BCUT2D eigenvalue weighted by molar-refractivity contribution is 5.31. The number of anilines is 1. The normalized spacial score (nSPS) is 22.1. The van der Waals surface area contributed by atoms with Crippen molar-refractivity contribution in [2.75, 3.05) is 24.5 Å². The van der Waals surface area contributed by atoms with Gasteiger partial charge < -0.3 is 10.6 Å². The minimum atomic E-state index is 0.659. The second-order valence-corrected chi connectivity index (χ2v) is 6.28. The van der Waals surface area contributed by atoms with Crippen molar-refractivity contribution in [3.63, 3.8) is 0 Å². The molecule has 1 aliphatic carbocycles. The number of hydrogen-bond donors (Lipinski definition) is 1. The Kier molecular flexibility index (Phi) is 4.51. The van der Waals surface area contributed by atoms with Crippen LogP contribution in [0.3, 0.4) is 0 Å². The minimum Gasteiger partial charge on any atom is -0.341 e. The first-order chi connectivity index (χ1) is 9.86. The van der Waals surface area contributed by atoms with Gasteiger partial charge in [-0.2, -0.15) is 0 Å². The third kappa shape index (κ3) is 3.11. The van der Waals surface area contributed by atoms with Gasteiger partial charge in [-0.05, 0) is 44.2 Å². The molecule has 0 aromatic carbocycles. The lowest BCUT2D eigenvalue weighted by Crippen LogP contribution is -2.37. The van der Waals surface area contributed by atoms with Gasteiger partial charge in [0.25, 0.3) is 0 Å². The number of aromatic nitrogens is 2. The summed E-state index contributed by atoms with van der Waals surface area (Å²) < 4.78 is 0. The summed E-state index contributed by atoms with van der Waals surface area (Å²) in [6, 6.07) is 2.12. The molecule has 0 radical (unpaired) electrons. The molecule has 0 spiro atoms. The highest BCUT2D eigenvalue weighted by atomic mass is 15.2. The second kappa shape index (κ2) is 6.53. The first-order valence-corrected chi connectivity index (χ1v) is 8.15. The summed E-state index contributed by atoms with van der Waals surface area (Å²) in [6.07, 6.45) is 11.0. The van der Waals surface area contributed by atoms with Crippen molar-refractivity contribution in [3.8, 4) is 0 Å². The zero-order valence-corrected chi connectivity index (χ0v) is 12.3. The van der Waals surface area contributed by atoms with E-state index in [9.17, 15) is 0 Å². The average molecular weight is 274 g/mol. The van der Waals surface area contributed by atoms with E-state index < -0.39 is 0 Å². The van der Waals surface area contributed by atoms with E-state index in [0.29, 0.717) is 11.8 Å². The third-order valence-corrected chi connectivity index (χ3v) is 4.92. The summed E-state index contributed by atoms with van der Waals surface area (Å²) in [5.74, 6) is 2.28. The molecule has 1 saturated carbocycles. The predicted octanol–water partition coefficient (Wildman–Crippen LogP) is 2.70. The third-order valence-electron chi connectivity index (χ3n) is 4.92. The van der Waals surface area contributed by atoms with Crippen LogP contribution in [-0.2, 0) is 0 Å². The second-order valence-electron chi connectivity index (χ2n) is 6.28. The van der Waals surface area contributed by atoms with Crippen LogP contribution < -0.4 is 10.6 Å². The molecule has 2 heterocycles. The van der Waals surface area contributed by atoms with E-state index in [0.717, 1.165) is 25.6 Å². The fourth-order valence-electron chi connectivity index (χ4n) is 3.51. The molecule has 2 aliphatic rings. The van der Waals surface area contributed by atoms with E-state index in [4.69, 9.17) is 10.7 Å². The van der Waals surface area contributed by atoms with Crippen LogP contribution in [0, 0.1) is 5.92 Å².